The Morgan fingerprint density at radius 3 is 2.79 bits per heavy atom. The number of carboxylic acids is 1. The molecule has 1 aliphatic rings. The highest BCUT2D eigenvalue weighted by Crippen LogP contribution is 2.26. The van der Waals surface area contributed by atoms with E-state index in [1.54, 1.807) is 6.92 Å². The fourth-order valence-electron chi connectivity index (χ4n) is 1.91. The number of morpholine rings is 1. The molecule has 1 fully saturated rings. The molecular formula is C11H15NO5S2. The van der Waals surface area contributed by atoms with E-state index in [-0.39, 0.29) is 28.5 Å². The maximum atomic E-state index is 12.5. The molecule has 8 heteroatoms. The number of rotatable bonds is 3. The molecule has 0 saturated carbocycles. The summed E-state index contributed by atoms with van der Waals surface area (Å²) in [7, 11) is -3.66. The Kier molecular flexibility index (Phi) is 3.95. The van der Waals surface area contributed by atoms with Crippen molar-refractivity contribution in [2.24, 2.45) is 0 Å². The molecule has 19 heavy (non-hydrogen) atoms. The van der Waals surface area contributed by atoms with Gasteiger partial charge in [-0.1, -0.05) is 0 Å². The highest BCUT2D eigenvalue weighted by molar-refractivity contribution is 7.89. The number of ether oxygens (including phenoxy) is 1. The molecule has 106 valence electrons. The van der Waals surface area contributed by atoms with E-state index in [1.165, 1.54) is 15.8 Å². The van der Waals surface area contributed by atoms with Crippen molar-refractivity contribution in [2.75, 3.05) is 13.2 Å². The van der Waals surface area contributed by atoms with Gasteiger partial charge in [-0.2, -0.15) is 4.31 Å². The van der Waals surface area contributed by atoms with Crippen molar-refractivity contribution in [3.8, 4) is 0 Å². The molecule has 1 aliphatic heterocycles. The van der Waals surface area contributed by atoms with Crippen LogP contribution in [0.4, 0.5) is 0 Å². The van der Waals surface area contributed by atoms with Gasteiger partial charge in [0.2, 0.25) is 10.0 Å². The summed E-state index contributed by atoms with van der Waals surface area (Å²) in [5.74, 6) is -1.12. The molecule has 2 atom stereocenters. The van der Waals surface area contributed by atoms with Gasteiger partial charge < -0.3 is 9.84 Å². The molecule has 0 spiro atoms. The van der Waals surface area contributed by atoms with Crippen LogP contribution in [0, 0.1) is 0 Å². The van der Waals surface area contributed by atoms with Crippen molar-refractivity contribution >= 4 is 27.3 Å². The maximum Gasteiger partial charge on any atom is 0.345 e. The first-order chi connectivity index (χ1) is 8.82. The highest BCUT2D eigenvalue weighted by Gasteiger charge is 2.34. The molecule has 0 bridgehead atoms. The predicted octanol–water partition coefficient (Wildman–Crippen LogP) is 1.24. The summed E-state index contributed by atoms with van der Waals surface area (Å²) >= 11 is 0.914. The van der Waals surface area contributed by atoms with Gasteiger partial charge in [-0.25, -0.2) is 13.2 Å². The summed E-state index contributed by atoms with van der Waals surface area (Å²) in [4.78, 5) is 10.9. The van der Waals surface area contributed by atoms with Gasteiger partial charge >= 0.3 is 5.97 Å². The quantitative estimate of drug-likeness (QED) is 0.908. The molecule has 2 rings (SSSR count). The van der Waals surface area contributed by atoms with Crippen LogP contribution in [0.1, 0.15) is 23.5 Å². The number of carbonyl (C=O) groups is 1. The Morgan fingerprint density at radius 2 is 2.21 bits per heavy atom. The summed E-state index contributed by atoms with van der Waals surface area (Å²) in [6.45, 7) is 4.21. The molecule has 1 saturated heterocycles. The molecule has 0 aliphatic carbocycles. The zero-order valence-electron chi connectivity index (χ0n) is 10.6. The summed E-state index contributed by atoms with van der Waals surface area (Å²) < 4.78 is 31.7. The lowest BCUT2D eigenvalue weighted by molar-refractivity contribution is -0.0170. The third kappa shape index (κ3) is 2.81. The minimum atomic E-state index is -3.66. The standard InChI is InChI=1S/C11H15NO5S2/c1-7-5-17-8(2)4-12(7)19(15,16)9-3-10(11(13)14)18-6-9/h3,6-8H,4-5H2,1-2H3,(H,13,14). The van der Waals surface area contributed by atoms with Crippen LogP contribution < -0.4 is 0 Å². The van der Waals surface area contributed by atoms with Crippen LogP contribution in [-0.4, -0.2) is 49.1 Å². The normalized spacial score (nSPS) is 25.4. The lowest BCUT2D eigenvalue weighted by Crippen LogP contribution is -2.49. The Hall–Kier alpha value is -0.960. The average Bonchev–Trinajstić information content (AvgIpc) is 2.82. The Morgan fingerprint density at radius 1 is 1.53 bits per heavy atom. The van der Waals surface area contributed by atoms with E-state index in [1.807, 2.05) is 6.92 Å². The second-order valence-corrected chi connectivity index (χ2v) is 7.32. The summed E-state index contributed by atoms with van der Waals surface area (Å²) in [5, 5.41) is 10.2. The average molecular weight is 305 g/mol. The number of carboxylic acid groups (broad SMARTS) is 1. The maximum absolute atomic E-state index is 12.5. The lowest BCUT2D eigenvalue weighted by atomic mass is 10.2. The molecule has 0 aromatic carbocycles. The zero-order valence-corrected chi connectivity index (χ0v) is 12.2. The first-order valence-corrected chi connectivity index (χ1v) is 8.09. The van der Waals surface area contributed by atoms with Crippen LogP contribution >= 0.6 is 11.3 Å². The minimum absolute atomic E-state index is 0.0209. The first kappa shape index (κ1) is 14.4. The molecular weight excluding hydrogens is 290 g/mol. The van der Waals surface area contributed by atoms with E-state index in [0.29, 0.717) is 6.61 Å². The summed E-state index contributed by atoms with van der Waals surface area (Å²) in [5.41, 5.74) is 0. The molecule has 2 heterocycles. The van der Waals surface area contributed by atoms with Crippen LogP contribution in [-0.2, 0) is 14.8 Å². The van der Waals surface area contributed by atoms with Crippen molar-refractivity contribution in [1.82, 2.24) is 4.31 Å². The van der Waals surface area contributed by atoms with Gasteiger partial charge in [-0.3, -0.25) is 0 Å². The largest absolute Gasteiger partial charge is 0.477 e. The SMILES string of the molecule is CC1CN(S(=O)(=O)c2csc(C(=O)O)c2)C(C)CO1. The lowest BCUT2D eigenvalue weighted by Gasteiger charge is -2.35. The third-order valence-corrected chi connectivity index (χ3v) is 5.97. The van der Waals surface area contributed by atoms with E-state index in [0.717, 1.165) is 11.3 Å². The van der Waals surface area contributed by atoms with Gasteiger partial charge in [0.05, 0.1) is 17.6 Å². The molecule has 1 N–H and O–H groups in total. The van der Waals surface area contributed by atoms with Crippen LogP contribution in [0.3, 0.4) is 0 Å². The van der Waals surface area contributed by atoms with Gasteiger partial charge in [-0.15, -0.1) is 11.3 Å². The molecule has 1 aromatic rings. The number of hydrogen-bond acceptors (Lipinski definition) is 5. The van der Waals surface area contributed by atoms with Crippen molar-refractivity contribution in [2.45, 2.75) is 30.9 Å². The van der Waals surface area contributed by atoms with Crippen LogP contribution in [0.25, 0.3) is 0 Å². The Bertz CT molecular complexity index is 580. The third-order valence-electron chi connectivity index (χ3n) is 2.94. The van der Waals surface area contributed by atoms with Crippen molar-refractivity contribution in [3.63, 3.8) is 0 Å². The number of sulfonamides is 1. The molecule has 0 amide bonds. The highest BCUT2D eigenvalue weighted by atomic mass is 32.2. The van der Waals surface area contributed by atoms with E-state index in [9.17, 15) is 13.2 Å². The van der Waals surface area contributed by atoms with Crippen LogP contribution in [0.5, 0.6) is 0 Å². The second-order valence-electron chi connectivity index (χ2n) is 4.52. The van der Waals surface area contributed by atoms with Gasteiger partial charge in [-0.05, 0) is 19.9 Å². The van der Waals surface area contributed by atoms with E-state index in [4.69, 9.17) is 9.84 Å². The molecule has 0 radical (unpaired) electrons. The van der Waals surface area contributed by atoms with Crippen LogP contribution in [0.2, 0.25) is 0 Å². The second kappa shape index (κ2) is 5.20. The number of nitrogens with zero attached hydrogens (tertiary/aromatic N) is 1. The van der Waals surface area contributed by atoms with Crippen molar-refractivity contribution < 1.29 is 23.1 Å². The molecule has 6 nitrogen and oxygen atoms in total. The molecule has 2 unspecified atom stereocenters. The van der Waals surface area contributed by atoms with Crippen molar-refractivity contribution in [1.29, 1.82) is 0 Å². The summed E-state index contributed by atoms with van der Waals surface area (Å²) in [6, 6.07) is 0.948. The van der Waals surface area contributed by atoms with E-state index >= 15 is 0 Å². The summed E-state index contributed by atoms with van der Waals surface area (Å²) in [6.07, 6.45) is -0.163. The van der Waals surface area contributed by atoms with Crippen LogP contribution in [0.15, 0.2) is 16.3 Å². The predicted molar refractivity (Wildman–Crippen MR) is 70.0 cm³/mol. The Balaban J connectivity index is 2.32. The number of hydrogen-bond donors (Lipinski definition) is 1. The fraction of sp³-hybridized carbons (Fsp3) is 0.545. The number of aromatic carboxylic acids is 1. The molecule has 1 aromatic heterocycles. The van der Waals surface area contributed by atoms with Gasteiger partial charge in [0.25, 0.3) is 0 Å². The first-order valence-electron chi connectivity index (χ1n) is 5.77. The topological polar surface area (TPSA) is 83.9 Å². The van der Waals surface area contributed by atoms with Gasteiger partial charge in [0.1, 0.15) is 4.88 Å². The van der Waals surface area contributed by atoms with E-state index < -0.39 is 16.0 Å². The van der Waals surface area contributed by atoms with Gasteiger partial charge in [0, 0.05) is 18.0 Å². The van der Waals surface area contributed by atoms with E-state index in [2.05, 4.69) is 0 Å². The fourth-order valence-corrected chi connectivity index (χ4v) is 4.70. The monoisotopic (exact) mass is 305 g/mol. The smallest absolute Gasteiger partial charge is 0.345 e. The number of thiophene rings is 1. The zero-order chi connectivity index (χ0) is 14.2. The minimum Gasteiger partial charge on any atom is -0.477 e. The Labute approximate surface area is 115 Å². The van der Waals surface area contributed by atoms with Gasteiger partial charge in [0.15, 0.2) is 0 Å². The van der Waals surface area contributed by atoms with Crippen molar-refractivity contribution in [3.05, 3.63) is 16.3 Å².